The molecule has 1 aromatic heterocycles. The number of rotatable bonds is 3. The number of benzene rings is 1. The molecule has 0 spiro atoms. The van der Waals surface area contributed by atoms with Crippen LogP contribution in [0.3, 0.4) is 0 Å². The average molecular weight is 337 g/mol. The van der Waals surface area contributed by atoms with Crippen molar-refractivity contribution >= 4 is 15.9 Å². The van der Waals surface area contributed by atoms with Gasteiger partial charge >= 0.3 is 0 Å². The van der Waals surface area contributed by atoms with Crippen molar-refractivity contribution in [2.24, 2.45) is 0 Å². The minimum atomic E-state index is 0.571. The lowest BCUT2D eigenvalue weighted by Crippen LogP contribution is -2.43. The molecular weight excluding hydrogens is 320 g/mol. The fraction of sp³-hybridized carbons (Fsp3) is 0.429. The zero-order chi connectivity index (χ0) is 13.9. The first kappa shape index (κ1) is 13.7. The maximum absolute atomic E-state index is 5.77. The van der Waals surface area contributed by atoms with Gasteiger partial charge in [0.05, 0.1) is 12.1 Å². The highest BCUT2D eigenvalue weighted by molar-refractivity contribution is 9.10. The Bertz CT molecular complexity index is 578. The van der Waals surface area contributed by atoms with Gasteiger partial charge in [0.25, 0.3) is 0 Å². The second kappa shape index (κ2) is 6.03. The van der Waals surface area contributed by atoms with Crippen LogP contribution in [0.25, 0.3) is 11.5 Å². The van der Waals surface area contributed by atoms with Gasteiger partial charge in [-0.05, 0) is 35.1 Å². The molecule has 0 N–H and O–H groups in total. The van der Waals surface area contributed by atoms with E-state index in [1.807, 2.05) is 24.3 Å². The standard InChI is InChI=1S/C14H17BrN4O/c1-18-6-8-19(9-7-18)10-13-16-17-14(20-13)11-4-2-3-5-12(11)15/h2-5H,6-10H2,1H3. The Kier molecular flexibility index (Phi) is 4.14. The minimum absolute atomic E-state index is 0.571. The second-order valence-electron chi connectivity index (χ2n) is 5.06. The van der Waals surface area contributed by atoms with Crippen molar-refractivity contribution in [3.63, 3.8) is 0 Å². The van der Waals surface area contributed by atoms with E-state index in [2.05, 4.69) is 43.0 Å². The quantitative estimate of drug-likeness (QED) is 0.860. The van der Waals surface area contributed by atoms with Crippen molar-refractivity contribution in [2.75, 3.05) is 33.2 Å². The van der Waals surface area contributed by atoms with E-state index < -0.39 is 0 Å². The van der Waals surface area contributed by atoms with E-state index in [-0.39, 0.29) is 0 Å². The highest BCUT2D eigenvalue weighted by Gasteiger charge is 2.17. The van der Waals surface area contributed by atoms with E-state index in [1.165, 1.54) is 0 Å². The first-order chi connectivity index (χ1) is 9.72. The summed E-state index contributed by atoms with van der Waals surface area (Å²) in [7, 11) is 2.15. The molecule has 2 aromatic rings. The molecule has 1 aromatic carbocycles. The van der Waals surface area contributed by atoms with Gasteiger partial charge < -0.3 is 9.32 Å². The van der Waals surface area contributed by atoms with Crippen LogP contribution in [0, 0.1) is 0 Å². The molecule has 0 unspecified atom stereocenters. The van der Waals surface area contributed by atoms with Gasteiger partial charge in [0.2, 0.25) is 11.8 Å². The summed E-state index contributed by atoms with van der Waals surface area (Å²) in [6, 6.07) is 7.87. The number of hydrogen-bond donors (Lipinski definition) is 0. The molecule has 6 heteroatoms. The number of nitrogens with zero attached hydrogens (tertiary/aromatic N) is 4. The molecule has 1 fully saturated rings. The molecular formula is C14H17BrN4O. The fourth-order valence-electron chi connectivity index (χ4n) is 2.26. The van der Waals surface area contributed by atoms with Crippen LogP contribution < -0.4 is 0 Å². The molecule has 1 aliphatic heterocycles. The largest absolute Gasteiger partial charge is 0.419 e. The van der Waals surface area contributed by atoms with Crippen molar-refractivity contribution in [2.45, 2.75) is 6.54 Å². The summed E-state index contributed by atoms with van der Waals surface area (Å²) in [6.45, 7) is 4.99. The van der Waals surface area contributed by atoms with Crippen LogP contribution in [0.1, 0.15) is 5.89 Å². The topological polar surface area (TPSA) is 45.4 Å². The summed E-state index contributed by atoms with van der Waals surface area (Å²) in [4.78, 5) is 4.67. The fourth-order valence-corrected chi connectivity index (χ4v) is 2.71. The van der Waals surface area contributed by atoms with Crippen LogP contribution in [0.5, 0.6) is 0 Å². The zero-order valence-electron chi connectivity index (χ0n) is 11.4. The number of aromatic nitrogens is 2. The molecule has 3 rings (SSSR count). The highest BCUT2D eigenvalue weighted by Crippen LogP contribution is 2.26. The molecule has 20 heavy (non-hydrogen) atoms. The SMILES string of the molecule is CN1CCN(Cc2nnc(-c3ccccc3Br)o2)CC1. The van der Waals surface area contributed by atoms with Crippen LogP contribution in [0.4, 0.5) is 0 Å². The zero-order valence-corrected chi connectivity index (χ0v) is 13.0. The summed E-state index contributed by atoms with van der Waals surface area (Å²) < 4.78 is 6.74. The predicted octanol–water partition coefficient (Wildman–Crippen LogP) is 2.25. The second-order valence-corrected chi connectivity index (χ2v) is 5.91. The molecule has 1 aliphatic rings. The van der Waals surface area contributed by atoms with Gasteiger partial charge in [-0.25, -0.2) is 0 Å². The first-order valence-electron chi connectivity index (χ1n) is 6.70. The molecule has 2 heterocycles. The summed E-state index contributed by atoms with van der Waals surface area (Å²) >= 11 is 3.50. The molecule has 1 saturated heterocycles. The van der Waals surface area contributed by atoms with E-state index in [9.17, 15) is 0 Å². The van der Waals surface area contributed by atoms with E-state index in [1.54, 1.807) is 0 Å². The number of halogens is 1. The Morgan fingerprint density at radius 1 is 1.15 bits per heavy atom. The van der Waals surface area contributed by atoms with E-state index >= 15 is 0 Å². The summed E-state index contributed by atoms with van der Waals surface area (Å²) in [5.41, 5.74) is 0.935. The van der Waals surface area contributed by atoms with Crippen LogP contribution in [0.15, 0.2) is 33.2 Å². The molecule has 0 aliphatic carbocycles. The lowest BCUT2D eigenvalue weighted by molar-refractivity contribution is 0.138. The smallest absolute Gasteiger partial charge is 0.248 e. The van der Waals surface area contributed by atoms with Crippen molar-refractivity contribution < 1.29 is 4.42 Å². The van der Waals surface area contributed by atoms with E-state index in [0.717, 1.165) is 42.8 Å². The summed E-state index contributed by atoms with van der Waals surface area (Å²) in [5, 5.41) is 8.30. The van der Waals surface area contributed by atoms with Crippen molar-refractivity contribution in [3.05, 3.63) is 34.6 Å². The van der Waals surface area contributed by atoms with Gasteiger partial charge in [0.15, 0.2) is 0 Å². The Hall–Kier alpha value is -1.24. The third kappa shape index (κ3) is 3.08. The van der Waals surface area contributed by atoms with Crippen LogP contribution in [-0.4, -0.2) is 53.2 Å². The molecule has 106 valence electrons. The maximum Gasteiger partial charge on any atom is 0.248 e. The molecule has 5 nitrogen and oxygen atoms in total. The van der Waals surface area contributed by atoms with Crippen LogP contribution >= 0.6 is 15.9 Å². The average Bonchev–Trinajstić information content (AvgIpc) is 2.90. The van der Waals surface area contributed by atoms with Gasteiger partial charge in [0.1, 0.15) is 0 Å². The maximum atomic E-state index is 5.77. The summed E-state index contributed by atoms with van der Waals surface area (Å²) in [5.74, 6) is 1.25. The summed E-state index contributed by atoms with van der Waals surface area (Å²) in [6.07, 6.45) is 0. The van der Waals surface area contributed by atoms with Crippen LogP contribution in [0.2, 0.25) is 0 Å². The Balaban J connectivity index is 1.70. The van der Waals surface area contributed by atoms with Crippen LogP contribution in [-0.2, 0) is 6.54 Å². The molecule has 0 bridgehead atoms. The van der Waals surface area contributed by atoms with Crippen molar-refractivity contribution in [3.8, 4) is 11.5 Å². The van der Waals surface area contributed by atoms with E-state index in [0.29, 0.717) is 11.8 Å². The van der Waals surface area contributed by atoms with Gasteiger partial charge in [0, 0.05) is 30.7 Å². The molecule has 0 radical (unpaired) electrons. The third-order valence-electron chi connectivity index (χ3n) is 3.53. The third-order valence-corrected chi connectivity index (χ3v) is 4.22. The predicted molar refractivity (Wildman–Crippen MR) is 80.2 cm³/mol. The van der Waals surface area contributed by atoms with Gasteiger partial charge in [-0.2, -0.15) is 0 Å². The monoisotopic (exact) mass is 336 g/mol. The lowest BCUT2D eigenvalue weighted by Gasteiger charge is -2.31. The van der Waals surface area contributed by atoms with Gasteiger partial charge in [-0.3, -0.25) is 4.90 Å². The lowest BCUT2D eigenvalue weighted by atomic mass is 10.2. The molecule has 0 atom stereocenters. The number of hydrogen-bond acceptors (Lipinski definition) is 5. The van der Waals surface area contributed by atoms with Crippen molar-refractivity contribution in [1.82, 2.24) is 20.0 Å². The Morgan fingerprint density at radius 2 is 1.90 bits per heavy atom. The number of piperazine rings is 1. The first-order valence-corrected chi connectivity index (χ1v) is 7.50. The highest BCUT2D eigenvalue weighted by atomic mass is 79.9. The molecule has 0 amide bonds. The Morgan fingerprint density at radius 3 is 2.65 bits per heavy atom. The minimum Gasteiger partial charge on any atom is -0.419 e. The molecule has 0 saturated carbocycles. The van der Waals surface area contributed by atoms with Gasteiger partial charge in [-0.15, -0.1) is 10.2 Å². The Labute approximate surface area is 126 Å². The van der Waals surface area contributed by atoms with Crippen molar-refractivity contribution in [1.29, 1.82) is 0 Å². The van der Waals surface area contributed by atoms with E-state index in [4.69, 9.17) is 4.42 Å². The van der Waals surface area contributed by atoms with Gasteiger partial charge in [-0.1, -0.05) is 12.1 Å². The normalized spacial score (nSPS) is 17.5. The number of likely N-dealkylation sites (N-methyl/N-ethyl adjacent to an activating group) is 1.